The molecule has 1 aliphatic heterocycles. The number of carbonyl (C=O) groups excluding carboxylic acids is 1. The van der Waals surface area contributed by atoms with Gasteiger partial charge in [-0.3, -0.25) is 10.2 Å². The molecular weight excluding hydrogens is 446 g/mol. The number of ketones is 1. The van der Waals surface area contributed by atoms with Gasteiger partial charge in [0.2, 0.25) is 0 Å². The third kappa shape index (κ3) is 5.98. The monoisotopic (exact) mass is 487 g/mol. The van der Waals surface area contributed by atoms with Crippen LogP contribution in [-0.4, -0.2) is 34.7 Å². The molecule has 2 atom stereocenters. The third-order valence-corrected chi connectivity index (χ3v) is 7.30. The molecule has 0 spiro atoms. The Bertz CT molecular complexity index is 1130. The number of carbonyl (C=O) groups is 1. The van der Waals surface area contributed by atoms with E-state index >= 15 is 0 Å². The Morgan fingerprint density at radius 2 is 1.64 bits per heavy atom. The van der Waals surface area contributed by atoms with Gasteiger partial charge in [0.25, 0.3) is 0 Å². The van der Waals surface area contributed by atoms with Crippen LogP contribution in [0.2, 0.25) is 0 Å². The van der Waals surface area contributed by atoms with Gasteiger partial charge in [-0.05, 0) is 59.4 Å². The highest BCUT2D eigenvalue weighted by atomic mass is 16.3. The molecule has 5 heteroatoms. The number of benzene rings is 2. The molecule has 2 unspecified atom stereocenters. The number of aromatic hydroxyl groups is 1. The summed E-state index contributed by atoms with van der Waals surface area (Å²) in [5, 5.41) is 29.1. The number of likely N-dealkylation sites (tertiary alicyclic amines) is 1. The lowest BCUT2D eigenvalue weighted by Crippen LogP contribution is -2.33. The van der Waals surface area contributed by atoms with E-state index in [0.29, 0.717) is 29.4 Å². The number of hydrogen-bond donors (Lipinski definition) is 2. The molecule has 36 heavy (non-hydrogen) atoms. The average molecular weight is 488 g/mol. The van der Waals surface area contributed by atoms with Crippen molar-refractivity contribution < 1.29 is 9.90 Å². The minimum atomic E-state index is -0.306. The first kappa shape index (κ1) is 27.5. The van der Waals surface area contributed by atoms with Crippen LogP contribution in [-0.2, 0) is 17.3 Å². The van der Waals surface area contributed by atoms with Crippen LogP contribution in [0.25, 0.3) is 0 Å². The molecule has 0 aromatic heterocycles. The summed E-state index contributed by atoms with van der Waals surface area (Å²) < 4.78 is 0. The topological polar surface area (TPSA) is 88.2 Å². The van der Waals surface area contributed by atoms with E-state index in [9.17, 15) is 9.90 Å². The summed E-state index contributed by atoms with van der Waals surface area (Å²) in [6.45, 7) is 15.3. The normalized spacial score (nSPS) is 18.4. The molecule has 2 N–H and O–H groups in total. The minimum absolute atomic E-state index is 0.0231. The van der Waals surface area contributed by atoms with Crippen LogP contribution in [0.3, 0.4) is 0 Å². The van der Waals surface area contributed by atoms with Gasteiger partial charge in [0, 0.05) is 29.2 Å². The average Bonchev–Trinajstić information content (AvgIpc) is 3.07. The molecule has 1 fully saturated rings. The van der Waals surface area contributed by atoms with E-state index in [0.717, 1.165) is 36.0 Å². The van der Waals surface area contributed by atoms with Crippen LogP contribution in [0.5, 0.6) is 5.75 Å². The van der Waals surface area contributed by atoms with Crippen molar-refractivity contribution in [1.29, 1.82) is 10.7 Å². The van der Waals surface area contributed by atoms with Gasteiger partial charge in [-0.25, -0.2) is 0 Å². The second-order valence-electron chi connectivity index (χ2n) is 12.3. The lowest BCUT2D eigenvalue weighted by molar-refractivity contribution is 0.0963. The smallest absolute Gasteiger partial charge is 0.182 e. The van der Waals surface area contributed by atoms with E-state index in [1.165, 1.54) is 0 Å². The summed E-state index contributed by atoms with van der Waals surface area (Å²) in [6.07, 6.45) is 2.78. The molecule has 0 amide bonds. The summed E-state index contributed by atoms with van der Waals surface area (Å²) in [4.78, 5) is 15.5. The van der Waals surface area contributed by atoms with Gasteiger partial charge in [0.1, 0.15) is 11.6 Å². The maximum atomic E-state index is 13.6. The predicted molar refractivity (Wildman–Crippen MR) is 146 cm³/mol. The highest BCUT2D eigenvalue weighted by Gasteiger charge is 2.38. The second kappa shape index (κ2) is 10.5. The molecule has 2 aromatic rings. The van der Waals surface area contributed by atoms with Gasteiger partial charge >= 0.3 is 0 Å². The largest absolute Gasteiger partial charge is 0.507 e. The van der Waals surface area contributed by atoms with E-state index in [-0.39, 0.29) is 34.8 Å². The zero-order chi connectivity index (χ0) is 26.8. The van der Waals surface area contributed by atoms with Crippen LogP contribution in [0, 0.1) is 28.6 Å². The maximum absolute atomic E-state index is 13.6. The lowest BCUT2D eigenvalue weighted by atomic mass is 9.78. The van der Waals surface area contributed by atoms with Crippen LogP contribution in [0.4, 0.5) is 0 Å². The highest BCUT2D eigenvalue weighted by molar-refractivity contribution is 6.01. The molecule has 2 aromatic carbocycles. The summed E-state index contributed by atoms with van der Waals surface area (Å²) >= 11 is 0. The van der Waals surface area contributed by atoms with Crippen molar-refractivity contribution in [2.24, 2.45) is 11.8 Å². The van der Waals surface area contributed by atoms with Gasteiger partial charge < -0.3 is 10.0 Å². The number of Topliss-reactive ketones (excluding diaryl/α,β-unsaturated/α-hetero) is 1. The number of nitrogens with one attached hydrogen (secondary N) is 1. The van der Waals surface area contributed by atoms with Crippen LogP contribution in [0.15, 0.2) is 36.4 Å². The first-order valence-corrected chi connectivity index (χ1v) is 13.0. The van der Waals surface area contributed by atoms with Crippen LogP contribution >= 0.6 is 0 Å². The number of hydrogen-bond acceptors (Lipinski definition) is 4. The summed E-state index contributed by atoms with van der Waals surface area (Å²) in [7, 11) is 0. The number of nitriles is 1. The number of phenolic OH excluding ortho intramolecular Hbond substituents is 1. The molecule has 5 nitrogen and oxygen atoms in total. The van der Waals surface area contributed by atoms with E-state index < -0.39 is 0 Å². The quantitative estimate of drug-likeness (QED) is 0.430. The zero-order valence-electron chi connectivity index (χ0n) is 22.9. The fourth-order valence-electron chi connectivity index (χ4n) is 5.22. The fourth-order valence-corrected chi connectivity index (χ4v) is 5.22. The Labute approximate surface area is 216 Å². The third-order valence-electron chi connectivity index (χ3n) is 7.30. The first-order valence-electron chi connectivity index (χ1n) is 13.0. The first-order chi connectivity index (χ1) is 16.8. The lowest BCUT2D eigenvalue weighted by Gasteiger charge is -2.28. The van der Waals surface area contributed by atoms with Gasteiger partial charge in [0.15, 0.2) is 5.78 Å². The molecule has 192 valence electrons. The van der Waals surface area contributed by atoms with Gasteiger partial charge in [-0.1, -0.05) is 67.0 Å². The number of rotatable bonds is 7. The highest BCUT2D eigenvalue weighted by Crippen LogP contribution is 2.40. The Morgan fingerprint density at radius 1 is 1.08 bits per heavy atom. The summed E-state index contributed by atoms with van der Waals surface area (Å²) in [6, 6.07) is 13.4. The maximum Gasteiger partial charge on any atom is 0.182 e. The fraction of sp³-hybridized carbons (Fsp3) is 0.516. The van der Waals surface area contributed by atoms with Crippen molar-refractivity contribution in [2.45, 2.75) is 78.6 Å². The Morgan fingerprint density at radius 3 is 2.11 bits per heavy atom. The minimum Gasteiger partial charge on any atom is -0.507 e. The molecule has 1 saturated heterocycles. The Kier molecular flexibility index (Phi) is 7.98. The van der Waals surface area contributed by atoms with Gasteiger partial charge in [0.05, 0.1) is 18.2 Å². The van der Waals surface area contributed by atoms with Crippen LogP contribution < -0.4 is 0 Å². The van der Waals surface area contributed by atoms with Crippen molar-refractivity contribution in [3.63, 3.8) is 0 Å². The van der Waals surface area contributed by atoms with Crippen molar-refractivity contribution in [3.05, 3.63) is 64.2 Å². The number of amidine groups is 1. The molecule has 0 radical (unpaired) electrons. The van der Waals surface area contributed by atoms with Crippen molar-refractivity contribution in [1.82, 2.24) is 4.90 Å². The van der Waals surface area contributed by atoms with Crippen molar-refractivity contribution in [2.75, 3.05) is 13.1 Å². The van der Waals surface area contributed by atoms with Gasteiger partial charge in [-0.15, -0.1) is 0 Å². The van der Waals surface area contributed by atoms with Gasteiger partial charge in [-0.2, -0.15) is 5.26 Å². The number of phenols is 1. The zero-order valence-corrected chi connectivity index (χ0v) is 22.9. The second-order valence-corrected chi connectivity index (χ2v) is 12.3. The molecule has 1 heterocycles. The SMILES string of the molecule is CCCC1CN(CC(=O)c2cc(C(C)(C)C)c(O)c(C(C)(C)C)c2)C(=N)C1Cc1ccc(C#N)cc1. The molecular formula is C31H41N3O2. The van der Waals surface area contributed by atoms with Crippen molar-refractivity contribution >= 4 is 11.6 Å². The van der Waals surface area contributed by atoms with E-state index in [4.69, 9.17) is 10.7 Å². The molecule has 0 saturated carbocycles. The van der Waals surface area contributed by atoms with E-state index in [1.807, 2.05) is 82.8 Å². The van der Waals surface area contributed by atoms with E-state index in [1.54, 1.807) is 0 Å². The predicted octanol–water partition coefficient (Wildman–Crippen LogP) is 6.61. The Hall–Kier alpha value is -3.13. The van der Waals surface area contributed by atoms with Crippen LogP contribution in [0.1, 0.15) is 93.9 Å². The number of nitrogens with zero attached hydrogens (tertiary/aromatic N) is 2. The van der Waals surface area contributed by atoms with E-state index in [2.05, 4.69) is 13.0 Å². The van der Waals surface area contributed by atoms with Crippen molar-refractivity contribution in [3.8, 4) is 11.8 Å². The molecule has 0 bridgehead atoms. The standard InChI is InChI=1S/C31H41N3O2/c1-8-9-22-18-34(29(33)24(22)14-20-10-12-21(17-32)13-11-20)19-27(35)23-15-25(30(2,3)4)28(36)26(16-23)31(5,6)7/h10-13,15-16,22,24,33,36H,8-9,14,18-19H2,1-7H3. The summed E-state index contributed by atoms with van der Waals surface area (Å²) in [5.74, 6) is 1.15. The molecule has 3 rings (SSSR count). The molecule has 1 aliphatic rings. The Balaban J connectivity index is 1.87. The molecule has 0 aliphatic carbocycles. The summed E-state index contributed by atoms with van der Waals surface area (Å²) in [5.41, 5.74) is 3.28.